The second kappa shape index (κ2) is 6.72. The van der Waals surface area contributed by atoms with Crippen LogP contribution in [0.2, 0.25) is 0 Å². The van der Waals surface area contributed by atoms with Crippen molar-refractivity contribution >= 4 is 16.5 Å². The zero-order valence-electron chi connectivity index (χ0n) is 13.2. The third-order valence-electron chi connectivity index (χ3n) is 3.74. The zero-order valence-corrected chi connectivity index (χ0v) is 14.0. The smallest absolute Gasteiger partial charge is 0.185 e. The maximum absolute atomic E-state index is 5.40. The summed E-state index contributed by atoms with van der Waals surface area (Å²) < 4.78 is 10.1. The fourth-order valence-corrected chi connectivity index (χ4v) is 3.59. The highest BCUT2D eigenvalue weighted by Crippen LogP contribution is 2.27. The average Bonchev–Trinajstić information content (AvgIpc) is 3.07. The van der Waals surface area contributed by atoms with Gasteiger partial charge in [-0.25, -0.2) is 9.61 Å². The summed E-state index contributed by atoms with van der Waals surface area (Å²) in [4.78, 5) is 10.5. The Morgan fingerprint density at radius 1 is 1.14 bits per heavy atom. The minimum atomic E-state index is 0.722. The molecule has 0 atom stereocenters. The molecule has 0 aromatic carbocycles. The van der Waals surface area contributed by atoms with Gasteiger partial charge in [0.15, 0.2) is 5.13 Å². The van der Waals surface area contributed by atoms with Crippen LogP contribution in [0.3, 0.4) is 0 Å². The molecule has 1 aliphatic rings. The second-order valence-electron chi connectivity index (χ2n) is 5.57. The molecular formula is C14H21N5O2S. The summed E-state index contributed by atoms with van der Waals surface area (Å²) >= 11 is 1.77. The van der Waals surface area contributed by atoms with Gasteiger partial charge in [0, 0.05) is 31.1 Å². The molecule has 8 heteroatoms. The van der Waals surface area contributed by atoms with E-state index in [-0.39, 0.29) is 0 Å². The maximum Gasteiger partial charge on any atom is 0.185 e. The average molecular weight is 323 g/mol. The lowest BCUT2D eigenvalue weighted by Gasteiger charge is -2.26. The van der Waals surface area contributed by atoms with E-state index in [0.717, 1.165) is 61.6 Å². The van der Waals surface area contributed by atoms with Crippen LogP contribution in [0.15, 0.2) is 4.63 Å². The molecule has 3 rings (SSSR count). The van der Waals surface area contributed by atoms with Crippen LogP contribution in [-0.2, 0) is 17.8 Å². The molecule has 0 saturated carbocycles. The van der Waals surface area contributed by atoms with Crippen LogP contribution in [0.5, 0.6) is 0 Å². The lowest BCUT2D eigenvalue weighted by atomic mass is 10.3. The Kier molecular flexibility index (Phi) is 4.70. The molecule has 120 valence electrons. The molecule has 22 heavy (non-hydrogen) atoms. The van der Waals surface area contributed by atoms with Crippen LogP contribution in [-0.4, -0.2) is 53.5 Å². The van der Waals surface area contributed by atoms with E-state index in [0.29, 0.717) is 0 Å². The van der Waals surface area contributed by atoms with Gasteiger partial charge in [0.25, 0.3) is 0 Å². The summed E-state index contributed by atoms with van der Waals surface area (Å²) in [6.45, 7) is 8.97. The minimum absolute atomic E-state index is 0.722. The van der Waals surface area contributed by atoms with Gasteiger partial charge in [0.05, 0.1) is 18.9 Å². The van der Waals surface area contributed by atoms with Gasteiger partial charge in [0.1, 0.15) is 11.4 Å². The van der Waals surface area contributed by atoms with Crippen molar-refractivity contribution < 1.29 is 9.37 Å². The largest absolute Gasteiger partial charge is 0.378 e. The van der Waals surface area contributed by atoms with Crippen molar-refractivity contribution in [3.8, 4) is 0 Å². The van der Waals surface area contributed by atoms with Crippen molar-refractivity contribution in [3.05, 3.63) is 22.0 Å². The molecule has 0 unspecified atom stereocenters. The van der Waals surface area contributed by atoms with Crippen LogP contribution >= 0.6 is 11.3 Å². The number of hydrogen-bond donors (Lipinski definition) is 0. The van der Waals surface area contributed by atoms with Gasteiger partial charge in [-0.05, 0) is 20.9 Å². The van der Waals surface area contributed by atoms with E-state index in [4.69, 9.17) is 14.3 Å². The monoisotopic (exact) mass is 323 g/mol. The summed E-state index contributed by atoms with van der Waals surface area (Å²) in [5.74, 6) is 0. The SMILES string of the molecule is Cc1nonc1CN(C)Cc1sc(N2CCOCC2)nc1C. The van der Waals surface area contributed by atoms with E-state index in [9.17, 15) is 0 Å². The topological polar surface area (TPSA) is 67.5 Å². The van der Waals surface area contributed by atoms with E-state index >= 15 is 0 Å². The molecule has 2 aromatic rings. The van der Waals surface area contributed by atoms with Gasteiger partial charge < -0.3 is 9.64 Å². The van der Waals surface area contributed by atoms with E-state index in [1.807, 2.05) is 6.92 Å². The molecule has 0 N–H and O–H groups in total. The second-order valence-corrected chi connectivity index (χ2v) is 6.64. The summed E-state index contributed by atoms with van der Waals surface area (Å²) in [7, 11) is 2.07. The summed E-state index contributed by atoms with van der Waals surface area (Å²) in [6.07, 6.45) is 0. The number of rotatable bonds is 5. The number of ether oxygens (including phenoxy) is 1. The van der Waals surface area contributed by atoms with Gasteiger partial charge in [-0.3, -0.25) is 4.90 Å². The summed E-state index contributed by atoms with van der Waals surface area (Å²) in [5, 5.41) is 8.86. The number of anilines is 1. The Morgan fingerprint density at radius 2 is 1.91 bits per heavy atom. The quantitative estimate of drug-likeness (QED) is 0.828. The Bertz CT molecular complexity index is 621. The third-order valence-corrected chi connectivity index (χ3v) is 4.95. The normalized spacial score (nSPS) is 15.7. The zero-order chi connectivity index (χ0) is 15.5. The molecule has 0 radical (unpaired) electrons. The van der Waals surface area contributed by atoms with Crippen molar-refractivity contribution in [2.24, 2.45) is 0 Å². The van der Waals surface area contributed by atoms with Gasteiger partial charge >= 0.3 is 0 Å². The fourth-order valence-electron chi connectivity index (χ4n) is 2.40. The number of thiazole rings is 1. The highest BCUT2D eigenvalue weighted by Gasteiger charge is 2.18. The number of aryl methyl sites for hydroxylation is 2. The molecule has 0 aliphatic carbocycles. The molecule has 3 heterocycles. The van der Waals surface area contributed by atoms with Crippen LogP contribution in [0.1, 0.15) is 22.0 Å². The van der Waals surface area contributed by atoms with Crippen LogP contribution in [0.25, 0.3) is 0 Å². The first kappa shape index (κ1) is 15.4. The molecular weight excluding hydrogens is 302 g/mol. The third kappa shape index (κ3) is 3.45. The van der Waals surface area contributed by atoms with Crippen LogP contribution in [0, 0.1) is 13.8 Å². The van der Waals surface area contributed by atoms with Gasteiger partial charge in [-0.1, -0.05) is 10.3 Å². The first-order chi connectivity index (χ1) is 10.6. The molecule has 0 spiro atoms. The molecule has 1 aliphatic heterocycles. The number of nitrogens with zero attached hydrogens (tertiary/aromatic N) is 5. The van der Waals surface area contributed by atoms with Crippen molar-refractivity contribution in [2.75, 3.05) is 38.3 Å². The van der Waals surface area contributed by atoms with E-state index in [1.165, 1.54) is 4.88 Å². The van der Waals surface area contributed by atoms with E-state index in [2.05, 4.69) is 34.1 Å². The molecule has 1 saturated heterocycles. The Hall–Kier alpha value is -1.51. The van der Waals surface area contributed by atoms with Crippen LogP contribution < -0.4 is 4.90 Å². The van der Waals surface area contributed by atoms with Gasteiger partial charge in [0.2, 0.25) is 0 Å². The predicted molar refractivity (Wildman–Crippen MR) is 84.1 cm³/mol. The summed E-state index contributed by atoms with van der Waals surface area (Å²) in [6, 6.07) is 0. The van der Waals surface area contributed by atoms with Gasteiger partial charge in [-0.2, -0.15) is 0 Å². The van der Waals surface area contributed by atoms with Gasteiger partial charge in [-0.15, -0.1) is 11.3 Å². The highest BCUT2D eigenvalue weighted by molar-refractivity contribution is 7.15. The maximum atomic E-state index is 5.40. The number of aromatic nitrogens is 3. The van der Waals surface area contributed by atoms with E-state index in [1.54, 1.807) is 11.3 Å². The fraction of sp³-hybridized carbons (Fsp3) is 0.643. The minimum Gasteiger partial charge on any atom is -0.378 e. The molecule has 1 fully saturated rings. The van der Waals surface area contributed by atoms with Crippen molar-refractivity contribution in [2.45, 2.75) is 26.9 Å². The Morgan fingerprint density at radius 3 is 2.59 bits per heavy atom. The van der Waals surface area contributed by atoms with Crippen molar-refractivity contribution in [3.63, 3.8) is 0 Å². The Labute approximate surface area is 133 Å². The summed E-state index contributed by atoms with van der Waals surface area (Å²) in [5.41, 5.74) is 2.84. The standard InChI is InChI=1S/C14H21N5O2S/c1-10-12(17-21-16-10)8-18(3)9-13-11(2)15-14(22-13)19-4-6-20-7-5-19/h4-9H2,1-3H3. The highest BCUT2D eigenvalue weighted by atomic mass is 32.1. The molecule has 2 aromatic heterocycles. The number of hydrogen-bond acceptors (Lipinski definition) is 8. The first-order valence-electron chi connectivity index (χ1n) is 7.39. The van der Waals surface area contributed by atoms with E-state index < -0.39 is 0 Å². The first-order valence-corrected chi connectivity index (χ1v) is 8.20. The van der Waals surface area contributed by atoms with Crippen LogP contribution in [0.4, 0.5) is 5.13 Å². The Balaban J connectivity index is 1.64. The molecule has 7 nitrogen and oxygen atoms in total. The number of morpholine rings is 1. The predicted octanol–water partition coefficient (Wildman–Crippen LogP) is 1.61. The van der Waals surface area contributed by atoms with Crippen molar-refractivity contribution in [1.82, 2.24) is 20.2 Å². The lowest BCUT2D eigenvalue weighted by Crippen LogP contribution is -2.36. The lowest BCUT2D eigenvalue weighted by molar-refractivity contribution is 0.122. The molecule has 0 amide bonds. The van der Waals surface area contributed by atoms with Crippen molar-refractivity contribution in [1.29, 1.82) is 0 Å². The molecule has 0 bridgehead atoms.